The van der Waals surface area contributed by atoms with Crippen molar-refractivity contribution in [1.82, 2.24) is 4.90 Å². The van der Waals surface area contributed by atoms with Crippen molar-refractivity contribution in [3.63, 3.8) is 0 Å². The number of aromatic carboxylic acids is 1. The highest BCUT2D eigenvalue weighted by molar-refractivity contribution is 5.90. The van der Waals surface area contributed by atoms with Gasteiger partial charge in [-0.05, 0) is 49.1 Å². The Labute approximate surface area is 146 Å². The fourth-order valence-electron chi connectivity index (χ4n) is 3.43. The molecule has 4 nitrogen and oxygen atoms in total. The van der Waals surface area contributed by atoms with E-state index >= 15 is 0 Å². The van der Waals surface area contributed by atoms with Crippen molar-refractivity contribution in [3.8, 4) is 5.75 Å². The van der Waals surface area contributed by atoms with E-state index in [1.807, 2.05) is 12.1 Å². The summed E-state index contributed by atoms with van der Waals surface area (Å²) in [6.07, 6.45) is 1.03. The van der Waals surface area contributed by atoms with Crippen molar-refractivity contribution in [2.24, 2.45) is 0 Å². The molecule has 0 radical (unpaired) electrons. The zero-order chi connectivity index (χ0) is 17.8. The smallest absolute Gasteiger partial charge is 0.339 e. The van der Waals surface area contributed by atoms with Crippen LogP contribution in [0.3, 0.4) is 0 Å². The molecule has 132 valence electrons. The van der Waals surface area contributed by atoms with E-state index < -0.39 is 5.97 Å². The van der Waals surface area contributed by atoms with Gasteiger partial charge >= 0.3 is 5.97 Å². The predicted molar refractivity (Wildman–Crippen MR) is 93.7 cm³/mol. The van der Waals surface area contributed by atoms with Gasteiger partial charge in [0, 0.05) is 19.1 Å². The Morgan fingerprint density at radius 1 is 1.24 bits per heavy atom. The molecule has 0 aliphatic carbocycles. The van der Waals surface area contributed by atoms with E-state index in [4.69, 9.17) is 4.74 Å². The lowest BCUT2D eigenvalue weighted by Gasteiger charge is -2.21. The highest BCUT2D eigenvalue weighted by atomic mass is 19.1. The monoisotopic (exact) mass is 343 g/mol. The molecule has 0 aromatic heterocycles. The minimum absolute atomic E-state index is 0.182. The Hall–Kier alpha value is -2.40. The third kappa shape index (κ3) is 4.17. The Balaban J connectivity index is 1.55. The lowest BCUT2D eigenvalue weighted by atomic mass is 9.97. The molecule has 3 rings (SSSR count). The number of rotatable bonds is 6. The van der Waals surface area contributed by atoms with E-state index in [1.54, 1.807) is 24.3 Å². The molecular weight excluding hydrogens is 321 g/mol. The van der Waals surface area contributed by atoms with Crippen LogP contribution in [0.4, 0.5) is 4.39 Å². The fourth-order valence-corrected chi connectivity index (χ4v) is 3.43. The first-order valence-corrected chi connectivity index (χ1v) is 8.49. The molecule has 1 saturated heterocycles. The molecule has 0 saturated carbocycles. The van der Waals surface area contributed by atoms with Crippen LogP contribution in [0.5, 0.6) is 5.75 Å². The van der Waals surface area contributed by atoms with Gasteiger partial charge in [0.2, 0.25) is 0 Å². The largest absolute Gasteiger partial charge is 0.491 e. The second-order valence-electron chi connectivity index (χ2n) is 6.48. The molecule has 1 aliphatic rings. The van der Waals surface area contributed by atoms with Gasteiger partial charge in [-0.15, -0.1) is 0 Å². The molecule has 1 aliphatic heterocycles. The zero-order valence-electron chi connectivity index (χ0n) is 14.2. The standard InChI is InChI=1S/C20H22FNO3/c1-14-12-16(15-6-8-17(21)9-7-15)13-22(14)10-11-25-19-5-3-2-4-18(19)20(23)24/h2-9,14,16H,10-13H2,1H3,(H,23,24)/t14-,16-/m0/s1. The van der Waals surface area contributed by atoms with Crippen LogP contribution < -0.4 is 4.74 Å². The van der Waals surface area contributed by atoms with Crippen molar-refractivity contribution < 1.29 is 19.0 Å². The number of carboxylic acids is 1. The number of carbonyl (C=O) groups is 1. The molecule has 0 bridgehead atoms. The van der Waals surface area contributed by atoms with E-state index in [2.05, 4.69) is 11.8 Å². The maximum absolute atomic E-state index is 13.1. The molecule has 0 unspecified atom stereocenters. The predicted octanol–water partition coefficient (Wildman–Crippen LogP) is 3.78. The highest BCUT2D eigenvalue weighted by Gasteiger charge is 2.29. The Morgan fingerprint density at radius 2 is 1.96 bits per heavy atom. The molecule has 25 heavy (non-hydrogen) atoms. The van der Waals surface area contributed by atoms with Crippen molar-refractivity contribution in [2.45, 2.75) is 25.3 Å². The van der Waals surface area contributed by atoms with Gasteiger partial charge in [0.25, 0.3) is 0 Å². The molecule has 1 fully saturated rings. The molecule has 5 heteroatoms. The summed E-state index contributed by atoms with van der Waals surface area (Å²) >= 11 is 0. The SMILES string of the molecule is C[C@H]1C[C@H](c2ccc(F)cc2)CN1CCOc1ccccc1C(=O)O. The van der Waals surface area contributed by atoms with Gasteiger partial charge in [-0.25, -0.2) is 9.18 Å². The van der Waals surface area contributed by atoms with Gasteiger partial charge in [-0.1, -0.05) is 24.3 Å². The topological polar surface area (TPSA) is 49.8 Å². The van der Waals surface area contributed by atoms with Crippen LogP contribution in [0.1, 0.15) is 35.2 Å². The Kier molecular flexibility index (Phi) is 5.34. The van der Waals surface area contributed by atoms with Crippen LogP contribution in [-0.4, -0.2) is 41.7 Å². The first kappa shape index (κ1) is 17.4. The van der Waals surface area contributed by atoms with E-state index in [0.29, 0.717) is 24.3 Å². The lowest BCUT2D eigenvalue weighted by molar-refractivity contribution is 0.0691. The molecule has 2 atom stereocenters. The van der Waals surface area contributed by atoms with Crippen LogP contribution >= 0.6 is 0 Å². The van der Waals surface area contributed by atoms with Gasteiger partial charge in [0.05, 0.1) is 0 Å². The van der Waals surface area contributed by atoms with Crippen molar-refractivity contribution in [1.29, 1.82) is 0 Å². The third-order valence-corrected chi connectivity index (χ3v) is 4.80. The highest BCUT2D eigenvalue weighted by Crippen LogP contribution is 2.31. The number of carboxylic acid groups (broad SMARTS) is 1. The van der Waals surface area contributed by atoms with Crippen molar-refractivity contribution >= 4 is 5.97 Å². The molecule has 1 heterocycles. The van der Waals surface area contributed by atoms with Crippen molar-refractivity contribution in [3.05, 3.63) is 65.5 Å². The summed E-state index contributed by atoms with van der Waals surface area (Å²) in [4.78, 5) is 13.5. The number of likely N-dealkylation sites (tertiary alicyclic amines) is 1. The second kappa shape index (κ2) is 7.66. The number of benzene rings is 2. The average molecular weight is 343 g/mol. The van der Waals surface area contributed by atoms with Crippen LogP contribution in [-0.2, 0) is 0 Å². The van der Waals surface area contributed by atoms with Gasteiger partial charge < -0.3 is 9.84 Å². The number of halogens is 1. The van der Waals surface area contributed by atoms with Crippen LogP contribution in [0.15, 0.2) is 48.5 Å². The van der Waals surface area contributed by atoms with Crippen LogP contribution in [0.25, 0.3) is 0 Å². The summed E-state index contributed by atoms with van der Waals surface area (Å²) in [5.41, 5.74) is 1.34. The van der Waals surface area contributed by atoms with E-state index in [-0.39, 0.29) is 11.4 Å². The van der Waals surface area contributed by atoms with Crippen LogP contribution in [0.2, 0.25) is 0 Å². The van der Waals surface area contributed by atoms with Gasteiger partial charge in [-0.3, -0.25) is 4.90 Å². The third-order valence-electron chi connectivity index (χ3n) is 4.80. The van der Waals surface area contributed by atoms with Gasteiger partial charge in [-0.2, -0.15) is 0 Å². The molecular formula is C20H22FNO3. The first-order valence-electron chi connectivity index (χ1n) is 8.49. The number of ether oxygens (including phenoxy) is 1. The zero-order valence-corrected chi connectivity index (χ0v) is 14.2. The Morgan fingerprint density at radius 3 is 2.68 bits per heavy atom. The first-order chi connectivity index (χ1) is 12.0. The maximum Gasteiger partial charge on any atom is 0.339 e. The van der Waals surface area contributed by atoms with Crippen LogP contribution in [0, 0.1) is 5.82 Å². The van der Waals surface area contributed by atoms with E-state index in [9.17, 15) is 14.3 Å². The van der Waals surface area contributed by atoms with E-state index in [1.165, 1.54) is 12.1 Å². The minimum Gasteiger partial charge on any atom is -0.491 e. The molecule has 0 spiro atoms. The van der Waals surface area contributed by atoms with Crippen molar-refractivity contribution in [2.75, 3.05) is 19.7 Å². The Bertz CT molecular complexity index is 732. The van der Waals surface area contributed by atoms with Gasteiger partial charge in [0.1, 0.15) is 23.7 Å². The lowest BCUT2D eigenvalue weighted by Crippen LogP contribution is -2.31. The second-order valence-corrected chi connectivity index (χ2v) is 6.48. The van der Waals surface area contributed by atoms with E-state index in [0.717, 1.165) is 25.1 Å². The molecule has 0 amide bonds. The number of hydrogen-bond acceptors (Lipinski definition) is 3. The van der Waals surface area contributed by atoms with Gasteiger partial charge in [0.15, 0.2) is 0 Å². The maximum atomic E-state index is 13.1. The summed E-state index contributed by atoms with van der Waals surface area (Å²) in [5.74, 6) is -0.405. The number of hydrogen-bond donors (Lipinski definition) is 1. The summed E-state index contributed by atoms with van der Waals surface area (Å²) in [5, 5.41) is 9.18. The summed E-state index contributed by atoms with van der Waals surface area (Å²) in [6.45, 7) is 4.24. The number of nitrogens with zero attached hydrogens (tertiary/aromatic N) is 1. The summed E-state index contributed by atoms with van der Waals surface area (Å²) in [6, 6.07) is 13.8. The molecule has 2 aromatic rings. The summed E-state index contributed by atoms with van der Waals surface area (Å²) < 4.78 is 18.8. The summed E-state index contributed by atoms with van der Waals surface area (Å²) in [7, 11) is 0. The molecule has 1 N–H and O–H groups in total. The quantitative estimate of drug-likeness (QED) is 0.867. The fraction of sp³-hybridized carbons (Fsp3) is 0.350. The minimum atomic E-state index is -0.985. The molecule has 2 aromatic carbocycles. The normalized spacial score (nSPS) is 20.6. The number of para-hydroxylation sites is 1. The average Bonchev–Trinajstić information content (AvgIpc) is 2.97.